The molecule has 7 heteroatoms. The van der Waals surface area contributed by atoms with Crippen LogP contribution in [0.4, 0.5) is 0 Å². The summed E-state index contributed by atoms with van der Waals surface area (Å²) < 4.78 is 30.0. The molecule has 0 aromatic carbocycles. The minimum absolute atomic E-state index is 0.0375. The number of carbonyl (C=O) groups is 1. The third kappa shape index (κ3) is 4.45. The second kappa shape index (κ2) is 5.13. The Morgan fingerprint density at radius 2 is 2.19 bits per heavy atom. The van der Waals surface area contributed by atoms with Gasteiger partial charge >= 0.3 is 5.97 Å². The maximum Gasteiger partial charge on any atom is 0.304 e. The van der Waals surface area contributed by atoms with Crippen LogP contribution in [-0.4, -0.2) is 25.2 Å². The zero-order valence-electron chi connectivity index (χ0n) is 8.76. The molecule has 2 N–H and O–H groups in total. The van der Waals surface area contributed by atoms with Crippen LogP contribution in [0.15, 0.2) is 16.5 Å². The van der Waals surface area contributed by atoms with Crippen molar-refractivity contribution in [1.82, 2.24) is 4.72 Å². The summed E-state index contributed by atoms with van der Waals surface area (Å²) >= 11 is 0. The normalized spacial score (nSPS) is 11.6. The molecule has 0 aliphatic carbocycles. The molecule has 1 rings (SSSR count). The summed E-state index contributed by atoms with van der Waals surface area (Å²) in [5, 5.41) is 8.35. The van der Waals surface area contributed by atoms with E-state index in [1.807, 2.05) is 0 Å². The van der Waals surface area contributed by atoms with E-state index in [0.717, 1.165) is 0 Å². The van der Waals surface area contributed by atoms with Gasteiger partial charge in [0.15, 0.2) is 0 Å². The summed E-state index contributed by atoms with van der Waals surface area (Å²) in [6, 6.07) is 3.38. The van der Waals surface area contributed by atoms with Gasteiger partial charge in [-0.3, -0.25) is 4.79 Å². The molecular formula is C9H13NO5S. The van der Waals surface area contributed by atoms with Crippen LogP contribution >= 0.6 is 0 Å². The van der Waals surface area contributed by atoms with Gasteiger partial charge in [0.25, 0.3) is 0 Å². The number of carboxylic acid groups (broad SMARTS) is 1. The molecule has 90 valence electrons. The quantitative estimate of drug-likeness (QED) is 0.762. The number of aryl methyl sites for hydroxylation is 1. The van der Waals surface area contributed by atoms with Crippen molar-refractivity contribution in [3.63, 3.8) is 0 Å². The van der Waals surface area contributed by atoms with Crippen molar-refractivity contribution >= 4 is 16.0 Å². The lowest BCUT2D eigenvalue weighted by molar-refractivity contribution is -0.136. The standard InChI is InChI=1S/C9H13NO5S/c1-7-2-3-8(15-7)6-10-16(13,14)5-4-9(11)12/h2-3,10H,4-6H2,1H3,(H,11,12). The molecule has 0 saturated heterocycles. The van der Waals surface area contributed by atoms with Gasteiger partial charge in [-0.2, -0.15) is 0 Å². The van der Waals surface area contributed by atoms with Crippen LogP contribution in [0, 0.1) is 6.92 Å². The van der Waals surface area contributed by atoms with E-state index in [-0.39, 0.29) is 6.54 Å². The monoisotopic (exact) mass is 247 g/mol. The van der Waals surface area contributed by atoms with Gasteiger partial charge < -0.3 is 9.52 Å². The highest BCUT2D eigenvalue weighted by Crippen LogP contribution is 2.06. The molecule has 0 atom stereocenters. The summed E-state index contributed by atoms with van der Waals surface area (Å²) in [5.41, 5.74) is 0. The molecule has 6 nitrogen and oxygen atoms in total. The maximum atomic E-state index is 11.3. The highest BCUT2D eigenvalue weighted by molar-refractivity contribution is 7.89. The first-order chi connectivity index (χ1) is 7.39. The lowest BCUT2D eigenvalue weighted by Gasteiger charge is -2.03. The third-order valence-electron chi connectivity index (χ3n) is 1.85. The van der Waals surface area contributed by atoms with Crippen LogP contribution in [0.5, 0.6) is 0 Å². The van der Waals surface area contributed by atoms with E-state index >= 15 is 0 Å². The number of nitrogens with one attached hydrogen (secondary N) is 1. The molecule has 0 spiro atoms. The molecule has 0 bridgehead atoms. The summed E-state index contributed by atoms with van der Waals surface area (Å²) in [5.74, 6) is -0.377. The van der Waals surface area contributed by atoms with Gasteiger partial charge in [-0.1, -0.05) is 0 Å². The first-order valence-corrected chi connectivity index (χ1v) is 6.29. The van der Waals surface area contributed by atoms with Crippen molar-refractivity contribution in [1.29, 1.82) is 0 Å². The van der Waals surface area contributed by atoms with E-state index < -0.39 is 28.2 Å². The lowest BCUT2D eigenvalue weighted by atomic mass is 10.4. The first-order valence-electron chi connectivity index (χ1n) is 4.63. The van der Waals surface area contributed by atoms with Crippen LogP contribution in [0.1, 0.15) is 17.9 Å². The Balaban J connectivity index is 2.45. The molecule has 0 amide bonds. The van der Waals surface area contributed by atoms with E-state index in [1.54, 1.807) is 19.1 Å². The number of sulfonamides is 1. The van der Waals surface area contributed by atoms with Crippen molar-refractivity contribution in [2.24, 2.45) is 0 Å². The lowest BCUT2D eigenvalue weighted by Crippen LogP contribution is -2.26. The molecule has 0 radical (unpaired) electrons. The second-order valence-electron chi connectivity index (χ2n) is 3.30. The van der Waals surface area contributed by atoms with Gasteiger partial charge in [-0.05, 0) is 19.1 Å². The topological polar surface area (TPSA) is 96.6 Å². The summed E-state index contributed by atoms with van der Waals surface area (Å²) in [7, 11) is -3.56. The fraction of sp³-hybridized carbons (Fsp3) is 0.444. The Bertz CT molecular complexity index is 462. The van der Waals surface area contributed by atoms with Gasteiger partial charge in [-0.25, -0.2) is 13.1 Å². The zero-order valence-corrected chi connectivity index (χ0v) is 9.58. The van der Waals surface area contributed by atoms with Gasteiger partial charge in [0, 0.05) is 0 Å². The van der Waals surface area contributed by atoms with Crippen LogP contribution < -0.4 is 4.72 Å². The van der Waals surface area contributed by atoms with E-state index in [1.165, 1.54) is 0 Å². The third-order valence-corrected chi connectivity index (χ3v) is 3.17. The smallest absolute Gasteiger partial charge is 0.304 e. The first kappa shape index (κ1) is 12.7. The Morgan fingerprint density at radius 1 is 1.50 bits per heavy atom. The van der Waals surface area contributed by atoms with E-state index in [9.17, 15) is 13.2 Å². The number of carboxylic acids is 1. The Morgan fingerprint density at radius 3 is 2.69 bits per heavy atom. The SMILES string of the molecule is Cc1ccc(CNS(=O)(=O)CCC(=O)O)o1. The number of hydrogen-bond donors (Lipinski definition) is 2. The minimum Gasteiger partial charge on any atom is -0.481 e. The molecule has 1 heterocycles. The fourth-order valence-electron chi connectivity index (χ4n) is 1.06. The molecule has 0 unspecified atom stereocenters. The van der Waals surface area contributed by atoms with Crippen molar-refractivity contribution in [2.75, 3.05) is 5.75 Å². The average Bonchev–Trinajstić information content (AvgIpc) is 2.59. The summed E-state index contributed by atoms with van der Waals surface area (Å²) in [6.45, 7) is 1.79. The highest BCUT2D eigenvalue weighted by atomic mass is 32.2. The van der Waals surface area contributed by atoms with Crippen LogP contribution in [0.2, 0.25) is 0 Å². The molecule has 0 saturated carbocycles. The van der Waals surface area contributed by atoms with Crippen LogP contribution in [0.25, 0.3) is 0 Å². The van der Waals surface area contributed by atoms with Gasteiger partial charge in [0.05, 0.1) is 18.7 Å². The second-order valence-corrected chi connectivity index (χ2v) is 5.22. The Kier molecular flexibility index (Phi) is 4.08. The number of aliphatic carboxylic acids is 1. The Hall–Kier alpha value is -1.34. The predicted octanol–water partition coefficient (Wildman–Crippen LogP) is 0.482. The molecule has 16 heavy (non-hydrogen) atoms. The van der Waals surface area contributed by atoms with Crippen LogP contribution in [-0.2, 0) is 21.4 Å². The Labute approximate surface area is 93.3 Å². The van der Waals surface area contributed by atoms with Crippen molar-refractivity contribution in [3.05, 3.63) is 23.7 Å². The van der Waals surface area contributed by atoms with E-state index in [2.05, 4.69) is 4.72 Å². The molecular weight excluding hydrogens is 234 g/mol. The van der Waals surface area contributed by atoms with Gasteiger partial charge in [0.2, 0.25) is 10.0 Å². The van der Waals surface area contributed by atoms with Gasteiger partial charge in [-0.15, -0.1) is 0 Å². The van der Waals surface area contributed by atoms with Crippen molar-refractivity contribution in [2.45, 2.75) is 19.9 Å². The number of hydrogen-bond acceptors (Lipinski definition) is 4. The van der Waals surface area contributed by atoms with Crippen molar-refractivity contribution in [3.8, 4) is 0 Å². The predicted molar refractivity (Wildman–Crippen MR) is 56.3 cm³/mol. The minimum atomic E-state index is -3.56. The molecule has 0 aliphatic heterocycles. The summed E-state index contributed by atoms with van der Waals surface area (Å²) in [4.78, 5) is 10.2. The molecule has 0 fully saturated rings. The average molecular weight is 247 g/mol. The fourth-order valence-corrected chi connectivity index (χ4v) is 2.00. The number of rotatable bonds is 6. The van der Waals surface area contributed by atoms with Crippen LogP contribution in [0.3, 0.4) is 0 Å². The molecule has 1 aromatic rings. The van der Waals surface area contributed by atoms with E-state index in [0.29, 0.717) is 11.5 Å². The van der Waals surface area contributed by atoms with Crippen molar-refractivity contribution < 1.29 is 22.7 Å². The molecule has 0 aliphatic rings. The summed E-state index contributed by atoms with van der Waals surface area (Å²) in [6.07, 6.45) is -0.410. The largest absolute Gasteiger partial charge is 0.481 e. The maximum absolute atomic E-state index is 11.3. The number of furan rings is 1. The molecule has 1 aromatic heterocycles. The zero-order chi connectivity index (χ0) is 12.2. The van der Waals surface area contributed by atoms with Gasteiger partial charge in [0.1, 0.15) is 11.5 Å². The van der Waals surface area contributed by atoms with E-state index in [4.69, 9.17) is 9.52 Å². The highest BCUT2D eigenvalue weighted by Gasteiger charge is 2.13.